The van der Waals surface area contributed by atoms with Gasteiger partial charge in [-0.2, -0.15) is 0 Å². The van der Waals surface area contributed by atoms with E-state index in [9.17, 15) is 4.79 Å². The van der Waals surface area contributed by atoms with E-state index in [1.807, 2.05) is 18.2 Å². The van der Waals surface area contributed by atoms with E-state index >= 15 is 0 Å². The predicted octanol–water partition coefficient (Wildman–Crippen LogP) is 5.54. The molecule has 0 aromatic heterocycles. The van der Waals surface area contributed by atoms with E-state index in [2.05, 4.69) is 39.8 Å². The fourth-order valence-electron chi connectivity index (χ4n) is 3.35. The van der Waals surface area contributed by atoms with Gasteiger partial charge in [0.25, 0.3) is 0 Å². The monoisotopic (exact) mass is 302 g/mol. The van der Waals surface area contributed by atoms with Crippen LogP contribution in [0.4, 0.5) is 0 Å². The predicted molar refractivity (Wildman–Crippen MR) is 93.7 cm³/mol. The standard InChI is InChI=1S/C20H30O2/c1-15(8-6-9-16(2)14-19(21)22)11-12-18-17(3)10-7-13-20(18,4)5/h6,8-9,11-12,14,17-18H,7,10,13H2,1-5H3,(H,21,22)/b9-6+,12-11+,15-8+,16-14+. The van der Waals surface area contributed by atoms with Gasteiger partial charge in [-0.25, -0.2) is 4.79 Å². The zero-order chi connectivity index (χ0) is 16.8. The quantitative estimate of drug-likeness (QED) is 0.535. The largest absolute Gasteiger partial charge is 0.478 e. The molecule has 2 heteroatoms. The van der Waals surface area contributed by atoms with Gasteiger partial charge in [0, 0.05) is 6.08 Å². The minimum absolute atomic E-state index is 0.380. The molecule has 1 rings (SSSR count). The Morgan fingerprint density at radius 2 is 1.86 bits per heavy atom. The summed E-state index contributed by atoms with van der Waals surface area (Å²) in [7, 11) is 0. The zero-order valence-electron chi connectivity index (χ0n) is 14.6. The molecule has 0 radical (unpaired) electrons. The molecule has 0 heterocycles. The zero-order valence-corrected chi connectivity index (χ0v) is 14.6. The maximum Gasteiger partial charge on any atom is 0.328 e. The Hall–Kier alpha value is -1.57. The lowest BCUT2D eigenvalue weighted by Gasteiger charge is -2.41. The summed E-state index contributed by atoms with van der Waals surface area (Å²) in [5.41, 5.74) is 2.31. The highest BCUT2D eigenvalue weighted by molar-refractivity contribution is 5.81. The second kappa shape index (κ2) is 8.17. The summed E-state index contributed by atoms with van der Waals surface area (Å²) in [6.45, 7) is 11.0. The van der Waals surface area contributed by atoms with Crippen molar-refractivity contribution in [2.75, 3.05) is 0 Å². The molecule has 0 spiro atoms. The van der Waals surface area contributed by atoms with Crippen LogP contribution in [0.15, 0.2) is 47.6 Å². The number of carboxylic acids is 1. The first-order chi connectivity index (χ1) is 10.2. The number of carboxylic acid groups (broad SMARTS) is 1. The molecule has 0 saturated heterocycles. The number of carbonyl (C=O) groups is 1. The van der Waals surface area contributed by atoms with Gasteiger partial charge in [-0.05, 0) is 43.1 Å². The molecule has 1 saturated carbocycles. The van der Waals surface area contributed by atoms with Crippen molar-refractivity contribution >= 4 is 5.97 Å². The Bertz CT molecular complexity index is 504. The first-order valence-electron chi connectivity index (χ1n) is 8.17. The summed E-state index contributed by atoms with van der Waals surface area (Å²) in [5.74, 6) is 0.461. The maximum absolute atomic E-state index is 10.5. The topological polar surface area (TPSA) is 37.3 Å². The minimum Gasteiger partial charge on any atom is -0.478 e. The van der Waals surface area contributed by atoms with Crippen LogP contribution in [0.5, 0.6) is 0 Å². The van der Waals surface area contributed by atoms with Crippen molar-refractivity contribution in [3.8, 4) is 0 Å². The molecule has 2 atom stereocenters. The smallest absolute Gasteiger partial charge is 0.328 e. The molecular formula is C20H30O2. The van der Waals surface area contributed by atoms with Gasteiger partial charge in [0.2, 0.25) is 0 Å². The van der Waals surface area contributed by atoms with Crippen molar-refractivity contribution in [1.29, 1.82) is 0 Å². The fraction of sp³-hybridized carbons (Fsp3) is 0.550. The number of allylic oxidation sites excluding steroid dienone is 7. The molecule has 22 heavy (non-hydrogen) atoms. The Morgan fingerprint density at radius 1 is 1.18 bits per heavy atom. The third kappa shape index (κ3) is 6.05. The summed E-state index contributed by atoms with van der Waals surface area (Å²) in [6, 6.07) is 0. The number of aliphatic carboxylic acids is 1. The molecule has 122 valence electrons. The van der Waals surface area contributed by atoms with Gasteiger partial charge >= 0.3 is 5.97 Å². The Kier molecular flexibility index (Phi) is 6.86. The third-order valence-corrected chi connectivity index (χ3v) is 4.63. The van der Waals surface area contributed by atoms with Crippen LogP contribution in [0.3, 0.4) is 0 Å². The highest BCUT2D eigenvalue weighted by atomic mass is 16.4. The number of hydrogen-bond donors (Lipinski definition) is 1. The van der Waals surface area contributed by atoms with E-state index in [0.29, 0.717) is 11.3 Å². The summed E-state index contributed by atoms with van der Waals surface area (Å²) in [4.78, 5) is 10.5. The van der Waals surface area contributed by atoms with Crippen molar-refractivity contribution in [2.24, 2.45) is 17.3 Å². The van der Waals surface area contributed by atoms with Gasteiger partial charge in [-0.15, -0.1) is 0 Å². The number of hydrogen-bond acceptors (Lipinski definition) is 1. The Labute approximate surface area is 135 Å². The molecule has 1 fully saturated rings. The second-order valence-corrected chi connectivity index (χ2v) is 7.24. The Balaban J connectivity index is 2.70. The molecule has 0 amide bonds. The van der Waals surface area contributed by atoms with Crippen LogP contribution in [-0.4, -0.2) is 11.1 Å². The second-order valence-electron chi connectivity index (χ2n) is 7.24. The molecule has 1 aliphatic carbocycles. The van der Waals surface area contributed by atoms with Gasteiger partial charge in [0.1, 0.15) is 0 Å². The average molecular weight is 302 g/mol. The molecule has 0 aliphatic heterocycles. The first-order valence-corrected chi connectivity index (χ1v) is 8.17. The highest BCUT2D eigenvalue weighted by Gasteiger charge is 2.34. The summed E-state index contributed by atoms with van der Waals surface area (Å²) >= 11 is 0. The van der Waals surface area contributed by atoms with Crippen LogP contribution < -0.4 is 0 Å². The molecule has 0 aromatic carbocycles. The number of rotatable bonds is 5. The van der Waals surface area contributed by atoms with E-state index in [4.69, 9.17) is 5.11 Å². The summed E-state index contributed by atoms with van der Waals surface area (Å²) in [5, 5.41) is 8.66. The highest BCUT2D eigenvalue weighted by Crippen LogP contribution is 2.44. The van der Waals surface area contributed by atoms with E-state index in [1.54, 1.807) is 6.92 Å². The molecule has 0 aromatic rings. The first kappa shape index (κ1) is 18.5. The lowest BCUT2D eigenvalue weighted by molar-refractivity contribution is -0.131. The maximum atomic E-state index is 10.5. The lowest BCUT2D eigenvalue weighted by atomic mass is 9.64. The van der Waals surface area contributed by atoms with Crippen molar-refractivity contribution in [3.05, 3.63) is 47.6 Å². The van der Waals surface area contributed by atoms with Crippen molar-refractivity contribution in [1.82, 2.24) is 0 Å². The molecule has 2 unspecified atom stereocenters. The summed E-state index contributed by atoms with van der Waals surface area (Å²) < 4.78 is 0. The van der Waals surface area contributed by atoms with Gasteiger partial charge in [-0.3, -0.25) is 0 Å². The van der Waals surface area contributed by atoms with E-state index in [0.717, 1.165) is 11.5 Å². The normalized spacial score (nSPS) is 26.8. The van der Waals surface area contributed by atoms with Crippen LogP contribution in [-0.2, 0) is 4.79 Å². The van der Waals surface area contributed by atoms with Crippen LogP contribution in [0.1, 0.15) is 53.9 Å². The van der Waals surface area contributed by atoms with Gasteiger partial charge in [-0.1, -0.05) is 69.6 Å². The molecular weight excluding hydrogens is 272 g/mol. The van der Waals surface area contributed by atoms with E-state index < -0.39 is 5.97 Å². The molecule has 1 aliphatic rings. The minimum atomic E-state index is -0.906. The van der Waals surface area contributed by atoms with Crippen molar-refractivity contribution < 1.29 is 9.90 Å². The van der Waals surface area contributed by atoms with Gasteiger partial charge in [0.15, 0.2) is 0 Å². The fourth-order valence-corrected chi connectivity index (χ4v) is 3.35. The average Bonchev–Trinajstić information content (AvgIpc) is 2.36. The van der Waals surface area contributed by atoms with Gasteiger partial charge in [0.05, 0.1) is 0 Å². The van der Waals surface area contributed by atoms with Crippen molar-refractivity contribution in [2.45, 2.75) is 53.9 Å². The molecule has 1 N–H and O–H groups in total. The van der Waals surface area contributed by atoms with Crippen LogP contribution in [0, 0.1) is 17.3 Å². The third-order valence-electron chi connectivity index (χ3n) is 4.63. The lowest BCUT2D eigenvalue weighted by Crippen LogP contribution is -2.32. The Morgan fingerprint density at radius 3 is 2.45 bits per heavy atom. The molecule has 2 nitrogen and oxygen atoms in total. The SMILES string of the molecule is CC(/C=C/C1C(C)CCCC1(C)C)=C\C=C\C(C)=C\C(=O)O. The van der Waals surface area contributed by atoms with Crippen LogP contribution >= 0.6 is 0 Å². The van der Waals surface area contributed by atoms with Crippen LogP contribution in [0.25, 0.3) is 0 Å². The van der Waals surface area contributed by atoms with Crippen LogP contribution in [0.2, 0.25) is 0 Å². The summed E-state index contributed by atoms with van der Waals surface area (Å²) in [6.07, 6.45) is 15.5. The molecule has 0 bridgehead atoms. The van der Waals surface area contributed by atoms with E-state index in [1.165, 1.54) is 30.9 Å². The van der Waals surface area contributed by atoms with Gasteiger partial charge < -0.3 is 5.11 Å². The van der Waals surface area contributed by atoms with Crippen molar-refractivity contribution in [3.63, 3.8) is 0 Å². The van der Waals surface area contributed by atoms with E-state index in [-0.39, 0.29) is 0 Å².